The summed E-state index contributed by atoms with van der Waals surface area (Å²) in [7, 11) is 1.36. The Labute approximate surface area is 88.8 Å². The van der Waals surface area contributed by atoms with Gasteiger partial charge in [0.1, 0.15) is 5.82 Å². The van der Waals surface area contributed by atoms with Crippen LogP contribution in [0, 0.1) is 6.92 Å². The third-order valence-electron chi connectivity index (χ3n) is 1.95. The lowest BCUT2D eigenvalue weighted by Crippen LogP contribution is -1.97. The first-order valence-electron chi connectivity index (χ1n) is 4.60. The largest absolute Gasteiger partial charge is 0.469 e. The van der Waals surface area contributed by atoms with Crippen LogP contribution in [-0.2, 0) is 9.53 Å². The summed E-state index contributed by atoms with van der Waals surface area (Å²) in [6.45, 7) is 1.93. The van der Waals surface area contributed by atoms with Gasteiger partial charge < -0.3 is 10.5 Å². The van der Waals surface area contributed by atoms with Crippen LogP contribution in [0.4, 0.5) is 5.82 Å². The molecule has 0 spiro atoms. The number of nitrogens with zero attached hydrogens (tertiary/aromatic N) is 1. The van der Waals surface area contributed by atoms with Gasteiger partial charge >= 0.3 is 5.97 Å². The van der Waals surface area contributed by atoms with Crippen LogP contribution in [-0.4, -0.2) is 18.1 Å². The Balaban J connectivity index is 2.71. The van der Waals surface area contributed by atoms with Gasteiger partial charge in [-0.3, -0.25) is 4.79 Å². The SMILES string of the molecule is COC(=O)CC=Cc1nc(N)ccc1C. The predicted molar refractivity (Wildman–Crippen MR) is 59.1 cm³/mol. The number of aryl methyl sites for hydroxylation is 1. The van der Waals surface area contributed by atoms with Gasteiger partial charge in [-0.1, -0.05) is 12.1 Å². The Morgan fingerprint density at radius 3 is 3.00 bits per heavy atom. The van der Waals surface area contributed by atoms with Crippen molar-refractivity contribution in [3.63, 3.8) is 0 Å². The molecule has 15 heavy (non-hydrogen) atoms. The summed E-state index contributed by atoms with van der Waals surface area (Å²) in [4.78, 5) is 15.0. The van der Waals surface area contributed by atoms with Gasteiger partial charge in [-0.2, -0.15) is 0 Å². The number of ether oxygens (including phenoxy) is 1. The Morgan fingerprint density at radius 1 is 1.60 bits per heavy atom. The standard InChI is InChI=1S/C11H14N2O2/c1-8-6-7-10(12)13-9(8)4-3-5-11(14)15-2/h3-4,6-7H,5H2,1-2H3,(H2,12,13). The fourth-order valence-corrected chi connectivity index (χ4v) is 1.08. The van der Waals surface area contributed by atoms with Crippen molar-refractivity contribution < 1.29 is 9.53 Å². The van der Waals surface area contributed by atoms with Crippen LogP contribution < -0.4 is 5.73 Å². The fraction of sp³-hybridized carbons (Fsp3) is 0.273. The van der Waals surface area contributed by atoms with Crippen molar-refractivity contribution in [1.29, 1.82) is 0 Å². The zero-order valence-corrected chi connectivity index (χ0v) is 8.86. The number of carbonyl (C=O) groups excluding carboxylic acids is 1. The molecule has 0 aliphatic carbocycles. The summed E-state index contributed by atoms with van der Waals surface area (Å²) in [5, 5.41) is 0. The number of esters is 1. The van der Waals surface area contributed by atoms with Gasteiger partial charge in [0.05, 0.1) is 19.2 Å². The Morgan fingerprint density at radius 2 is 2.33 bits per heavy atom. The molecule has 4 heteroatoms. The highest BCUT2D eigenvalue weighted by molar-refractivity contribution is 5.72. The molecule has 0 unspecified atom stereocenters. The van der Waals surface area contributed by atoms with Gasteiger partial charge in [-0.25, -0.2) is 4.98 Å². The molecule has 1 aromatic rings. The van der Waals surface area contributed by atoms with E-state index in [-0.39, 0.29) is 12.4 Å². The molecule has 0 aliphatic heterocycles. The number of methoxy groups -OCH3 is 1. The van der Waals surface area contributed by atoms with E-state index in [2.05, 4.69) is 9.72 Å². The smallest absolute Gasteiger partial charge is 0.309 e. The Hall–Kier alpha value is -1.84. The molecule has 0 atom stereocenters. The van der Waals surface area contributed by atoms with E-state index in [9.17, 15) is 4.79 Å². The molecule has 0 amide bonds. The molecule has 1 rings (SSSR count). The quantitative estimate of drug-likeness (QED) is 0.762. The van der Waals surface area contributed by atoms with E-state index in [0.29, 0.717) is 5.82 Å². The highest BCUT2D eigenvalue weighted by Crippen LogP contribution is 2.09. The molecule has 0 saturated heterocycles. The van der Waals surface area contributed by atoms with Crippen molar-refractivity contribution in [2.45, 2.75) is 13.3 Å². The maximum absolute atomic E-state index is 10.8. The summed E-state index contributed by atoms with van der Waals surface area (Å²) in [6.07, 6.45) is 3.72. The summed E-state index contributed by atoms with van der Waals surface area (Å²) in [5.41, 5.74) is 7.34. The number of nitrogens with two attached hydrogens (primary N) is 1. The first-order chi connectivity index (χ1) is 7.13. The molecule has 0 aliphatic rings. The number of hydrogen-bond acceptors (Lipinski definition) is 4. The molecule has 0 fully saturated rings. The van der Waals surface area contributed by atoms with Crippen LogP contribution in [0.15, 0.2) is 18.2 Å². The summed E-state index contributed by atoms with van der Waals surface area (Å²) in [5.74, 6) is 0.200. The van der Waals surface area contributed by atoms with Gasteiger partial charge in [0.25, 0.3) is 0 Å². The van der Waals surface area contributed by atoms with Gasteiger partial charge in [0, 0.05) is 0 Å². The van der Waals surface area contributed by atoms with Gasteiger partial charge in [-0.15, -0.1) is 0 Å². The lowest BCUT2D eigenvalue weighted by Gasteiger charge is -2.00. The van der Waals surface area contributed by atoms with E-state index in [4.69, 9.17) is 5.73 Å². The molecule has 4 nitrogen and oxygen atoms in total. The zero-order chi connectivity index (χ0) is 11.3. The third kappa shape index (κ3) is 3.42. The maximum atomic E-state index is 10.8. The molecular weight excluding hydrogens is 192 g/mol. The second-order valence-electron chi connectivity index (χ2n) is 3.12. The molecule has 0 saturated carbocycles. The first-order valence-corrected chi connectivity index (χ1v) is 4.60. The molecule has 0 aromatic carbocycles. The minimum atomic E-state index is -0.271. The van der Waals surface area contributed by atoms with E-state index >= 15 is 0 Å². The van der Waals surface area contributed by atoms with Crippen molar-refractivity contribution >= 4 is 17.9 Å². The summed E-state index contributed by atoms with van der Waals surface area (Å²) >= 11 is 0. The number of pyridine rings is 1. The average Bonchev–Trinajstić information content (AvgIpc) is 2.23. The van der Waals surface area contributed by atoms with Crippen LogP contribution in [0.5, 0.6) is 0 Å². The lowest BCUT2D eigenvalue weighted by molar-refractivity contribution is -0.139. The van der Waals surface area contributed by atoms with E-state index in [0.717, 1.165) is 11.3 Å². The summed E-state index contributed by atoms with van der Waals surface area (Å²) < 4.78 is 4.51. The Kier molecular flexibility index (Phi) is 3.85. The topological polar surface area (TPSA) is 65.2 Å². The molecule has 2 N–H and O–H groups in total. The minimum absolute atomic E-state index is 0.242. The van der Waals surface area contributed by atoms with Crippen molar-refractivity contribution in [1.82, 2.24) is 4.98 Å². The van der Waals surface area contributed by atoms with Crippen LogP contribution in [0.25, 0.3) is 6.08 Å². The maximum Gasteiger partial charge on any atom is 0.309 e. The fourth-order valence-electron chi connectivity index (χ4n) is 1.08. The van der Waals surface area contributed by atoms with Crippen molar-refractivity contribution in [2.24, 2.45) is 0 Å². The number of nitrogen functional groups attached to an aromatic ring is 1. The predicted octanol–water partition coefficient (Wildman–Crippen LogP) is 1.55. The highest BCUT2D eigenvalue weighted by atomic mass is 16.5. The summed E-state index contributed by atoms with van der Waals surface area (Å²) in [6, 6.07) is 3.63. The molecule has 0 radical (unpaired) electrons. The Bertz CT molecular complexity index is 386. The van der Waals surface area contributed by atoms with Gasteiger partial charge in [0.2, 0.25) is 0 Å². The van der Waals surface area contributed by atoms with Crippen LogP contribution in [0.2, 0.25) is 0 Å². The van der Waals surface area contributed by atoms with E-state index in [1.54, 1.807) is 18.2 Å². The number of aromatic nitrogens is 1. The van der Waals surface area contributed by atoms with Crippen molar-refractivity contribution in [2.75, 3.05) is 12.8 Å². The number of rotatable bonds is 3. The zero-order valence-electron chi connectivity index (χ0n) is 8.86. The van der Waals surface area contributed by atoms with Gasteiger partial charge in [-0.05, 0) is 24.6 Å². The molecular formula is C11H14N2O2. The van der Waals surface area contributed by atoms with Crippen LogP contribution >= 0.6 is 0 Å². The number of anilines is 1. The average molecular weight is 206 g/mol. The molecule has 80 valence electrons. The monoisotopic (exact) mass is 206 g/mol. The second-order valence-corrected chi connectivity index (χ2v) is 3.12. The number of hydrogen-bond donors (Lipinski definition) is 1. The lowest BCUT2D eigenvalue weighted by atomic mass is 10.2. The third-order valence-corrected chi connectivity index (χ3v) is 1.95. The molecule has 1 aromatic heterocycles. The molecule has 1 heterocycles. The van der Waals surface area contributed by atoms with Crippen molar-refractivity contribution in [3.05, 3.63) is 29.5 Å². The van der Waals surface area contributed by atoms with E-state index < -0.39 is 0 Å². The highest BCUT2D eigenvalue weighted by Gasteiger charge is 1.98. The first kappa shape index (κ1) is 11.2. The van der Waals surface area contributed by atoms with E-state index in [1.807, 2.05) is 13.0 Å². The number of carbonyl (C=O) groups is 1. The minimum Gasteiger partial charge on any atom is -0.469 e. The van der Waals surface area contributed by atoms with Crippen molar-refractivity contribution in [3.8, 4) is 0 Å². The molecule has 0 bridgehead atoms. The second kappa shape index (κ2) is 5.14. The van der Waals surface area contributed by atoms with E-state index in [1.165, 1.54) is 7.11 Å². The van der Waals surface area contributed by atoms with Crippen LogP contribution in [0.3, 0.4) is 0 Å². The van der Waals surface area contributed by atoms with Gasteiger partial charge in [0.15, 0.2) is 0 Å². The normalized spacial score (nSPS) is 10.5. The van der Waals surface area contributed by atoms with Crippen LogP contribution in [0.1, 0.15) is 17.7 Å².